The second-order valence-electron chi connectivity index (χ2n) is 3.82. The highest BCUT2D eigenvalue weighted by Crippen LogP contribution is 2.35. The van der Waals surface area contributed by atoms with Crippen LogP contribution in [-0.2, 0) is 0 Å². The maximum Gasteiger partial charge on any atom is 0.153 e. The summed E-state index contributed by atoms with van der Waals surface area (Å²) in [5.41, 5.74) is 7.28. The summed E-state index contributed by atoms with van der Waals surface area (Å²) >= 11 is 0. The molecule has 0 unspecified atom stereocenters. The molecule has 0 fully saturated rings. The summed E-state index contributed by atoms with van der Waals surface area (Å²) in [6.07, 6.45) is 1.54. The summed E-state index contributed by atoms with van der Waals surface area (Å²) in [5.74, 6) is 0.461. The van der Waals surface area contributed by atoms with Gasteiger partial charge in [0.25, 0.3) is 0 Å². The van der Waals surface area contributed by atoms with E-state index >= 15 is 0 Å². The lowest BCUT2D eigenvalue weighted by Gasteiger charge is -2.03. The van der Waals surface area contributed by atoms with Crippen LogP contribution in [0.4, 0.5) is 10.2 Å². The Morgan fingerprint density at radius 2 is 2.00 bits per heavy atom. The highest BCUT2D eigenvalue weighted by molar-refractivity contribution is 5.86. The number of H-pyrrole nitrogens is 1. The quantitative estimate of drug-likeness (QED) is 0.726. The third-order valence-corrected chi connectivity index (χ3v) is 2.71. The topological polar surface area (TPSA) is 67.8 Å². The second-order valence-corrected chi connectivity index (χ2v) is 3.82. The highest BCUT2D eigenvalue weighted by atomic mass is 19.1. The SMILES string of the molecule is Nc1n[nH]c(-c2ccco2)c1-c1ccccc1F. The molecule has 0 aliphatic heterocycles. The van der Waals surface area contributed by atoms with Crippen molar-refractivity contribution in [2.45, 2.75) is 0 Å². The van der Waals surface area contributed by atoms with Crippen LogP contribution in [0.15, 0.2) is 47.1 Å². The third-order valence-electron chi connectivity index (χ3n) is 2.71. The molecule has 90 valence electrons. The van der Waals surface area contributed by atoms with Gasteiger partial charge in [0, 0.05) is 5.56 Å². The van der Waals surface area contributed by atoms with E-state index in [4.69, 9.17) is 10.2 Å². The molecule has 5 heteroatoms. The molecule has 2 aromatic heterocycles. The summed E-state index contributed by atoms with van der Waals surface area (Å²) in [4.78, 5) is 0. The van der Waals surface area contributed by atoms with Gasteiger partial charge in [0.2, 0.25) is 0 Å². The predicted octanol–water partition coefficient (Wildman–Crippen LogP) is 3.06. The van der Waals surface area contributed by atoms with Crippen LogP contribution in [0.5, 0.6) is 0 Å². The zero-order valence-electron chi connectivity index (χ0n) is 9.35. The number of furan rings is 1. The lowest BCUT2D eigenvalue weighted by Crippen LogP contribution is -1.91. The molecule has 0 aliphatic carbocycles. The van der Waals surface area contributed by atoms with Crippen molar-refractivity contribution in [3.05, 3.63) is 48.5 Å². The molecule has 2 heterocycles. The van der Waals surface area contributed by atoms with Crippen LogP contribution in [0.1, 0.15) is 0 Å². The first kappa shape index (κ1) is 10.6. The molecule has 18 heavy (non-hydrogen) atoms. The van der Waals surface area contributed by atoms with E-state index in [0.29, 0.717) is 22.6 Å². The van der Waals surface area contributed by atoms with Gasteiger partial charge in [-0.1, -0.05) is 18.2 Å². The van der Waals surface area contributed by atoms with Gasteiger partial charge in [-0.3, -0.25) is 5.10 Å². The first-order valence-corrected chi connectivity index (χ1v) is 5.40. The Labute approximate surface area is 102 Å². The van der Waals surface area contributed by atoms with Crippen molar-refractivity contribution in [2.75, 3.05) is 5.73 Å². The number of aromatic amines is 1. The molecule has 3 N–H and O–H groups in total. The number of benzene rings is 1. The molecule has 0 spiro atoms. The number of hydrogen-bond acceptors (Lipinski definition) is 3. The molecular formula is C13H10FN3O. The number of nitrogens with two attached hydrogens (primary N) is 1. The van der Waals surface area contributed by atoms with Crippen LogP contribution in [0, 0.1) is 5.82 Å². The first-order chi connectivity index (χ1) is 8.77. The van der Waals surface area contributed by atoms with Gasteiger partial charge in [0.05, 0.1) is 11.8 Å². The fraction of sp³-hybridized carbons (Fsp3) is 0. The van der Waals surface area contributed by atoms with E-state index in [0.717, 1.165) is 0 Å². The number of rotatable bonds is 2. The Bertz CT molecular complexity index is 673. The molecular weight excluding hydrogens is 233 g/mol. The minimum Gasteiger partial charge on any atom is -0.463 e. The Morgan fingerprint density at radius 1 is 1.17 bits per heavy atom. The molecule has 0 radical (unpaired) electrons. The van der Waals surface area contributed by atoms with Gasteiger partial charge in [-0.25, -0.2) is 4.39 Å². The van der Waals surface area contributed by atoms with Crippen LogP contribution in [0.25, 0.3) is 22.6 Å². The molecule has 0 atom stereocenters. The lowest BCUT2D eigenvalue weighted by molar-refractivity contribution is 0.580. The number of hydrogen-bond donors (Lipinski definition) is 2. The van der Waals surface area contributed by atoms with Gasteiger partial charge in [-0.2, -0.15) is 5.10 Å². The maximum absolute atomic E-state index is 13.8. The maximum atomic E-state index is 13.8. The van der Waals surface area contributed by atoms with Gasteiger partial charge in [-0.15, -0.1) is 0 Å². The van der Waals surface area contributed by atoms with E-state index in [1.165, 1.54) is 12.3 Å². The Hall–Kier alpha value is -2.56. The number of nitrogen functional groups attached to an aromatic ring is 1. The van der Waals surface area contributed by atoms with Crippen LogP contribution in [0.2, 0.25) is 0 Å². The molecule has 0 amide bonds. The van der Waals surface area contributed by atoms with Crippen LogP contribution < -0.4 is 5.73 Å². The number of aromatic nitrogens is 2. The normalized spacial score (nSPS) is 10.7. The van der Waals surface area contributed by atoms with Crippen LogP contribution >= 0.6 is 0 Å². The van der Waals surface area contributed by atoms with Crippen LogP contribution in [-0.4, -0.2) is 10.2 Å². The van der Waals surface area contributed by atoms with Gasteiger partial charge in [0.1, 0.15) is 11.5 Å². The Morgan fingerprint density at radius 3 is 2.72 bits per heavy atom. The minimum atomic E-state index is -0.349. The van der Waals surface area contributed by atoms with Crippen molar-refractivity contribution < 1.29 is 8.81 Å². The van der Waals surface area contributed by atoms with E-state index in [-0.39, 0.29) is 11.6 Å². The number of nitrogens with one attached hydrogen (secondary N) is 1. The molecule has 4 nitrogen and oxygen atoms in total. The largest absolute Gasteiger partial charge is 0.463 e. The predicted molar refractivity (Wildman–Crippen MR) is 66.1 cm³/mol. The van der Waals surface area contributed by atoms with Crippen molar-refractivity contribution in [3.8, 4) is 22.6 Å². The van der Waals surface area contributed by atoms with Gasteiger partial charge in [0.15, 0.2) is 11.6 Å². The van der Waals surface area contributed by atoms with Gasteiger partial charge >= 0.3 is 0 Å². The van der Waals surface area contributed by atoms with E-state index in [2.05, 4.69) is 10.2 Å². The molecule has 3 rings (SSSR count). The lowest BCUT2D eigenvalue weighted by atomic mass is 10.0. The molecule has 0 aliphatic rings. The van der Waals surface area contributed by atoms with Crippen molar-refractivity contribution in [1.29, 1.82) is 0 Å². The standard InChI is InChI=1S/C13H10FN3O/c14-9-5-2-1-4-8(9)11-12(16-17-13(11)15)10-6-3-7-18-10/h1-7H,(H3,15,16,17). The van der Waals surface area contributed by atoms with E-state index in [9.17, 15) is 4.39 Å². The summed E-state index contributed by atoms with van der Waals surface area (Å²) < 4.78 is 19.1. The summed E-state index contributed by atoms with van der Waals surface area (Å²) in [6, 6.07) is 9.92. The summed E-state index contributed by atoms with van der Waals surface area (Å²) in [5, 5.41) is 6.68. The Balaban J connectivity index is 2.24. The third kappa shape index (κ3) is 1.57. The number of anilines is 1. The summed E-state index contributed by atoms with van der Waals surface area (Å²) in [7, 11) is 0. The van der Waals surface area contributed by atoms with Crippen LogP contribution in [0.3, 0.4) is 0 Å². The monoisotopic (exact) mass is 243 g/mol. The highest BCUT2D eigenvalue weighted by Gasteiger charge is 2.18. The first-order valence-electron chi connectivity index (χ1n) is 5.40. The Kier molecular flexibility index (Phi) is 2.37. The molecule has 0 bridgehead atoms. The smallest absolute Gasteiger partial charge is 0.153 e. The number of nitrogens with zero attached hydrogens (tertiary/aromatic N) is 1. The fourth-order valence-corrected chi connectivity index (χ4v) is 1.89. The van der Waals surface area contributed by atoms with E-state index in [1.54, 1.807) is 30.3 Å². The van der Waals surface area contributed by atoms with Gasteiger partial charge < -0.3 is 10.2 Å². The van der Waals surface area contributed by atoms with E-state index < -0.39 is 0 Å². The molecule has 1 aromatic carbocycles. The second kappa shape index (κ2) is 4.03. The molecule has 3 aromatic rings. The summed E-state index contributed by atoms with van der Waals surface area (Å²) in [6.45, 7) is 0. The number of halogens is 1. The molecule has 0 saturated heterocycles. The average Bonchev–Trinajstić information content (AvgIpc) is 2.99. The zero-order valence-corrected chi connectivity index (χ0v) is 9.35. The van der Waals surface area contributed by atoms with Crippen molar-refractivity contribution in [2.24, 2.45) is 0 Å². The average molecular weight is 243 g/mol. The fourth-order valence-electron chi connectivity index (χ4n) is 1.89. The van der Waals surface area contributed by atoms with Crippen molar-refractivity contribution >= 4 is 5.82 Å². The minimum absolute atomic E-state index is 0.242. The van der Waals surface area contributed by atoms with Gasteiger partial charge in [-0.05, 0) is 18.2 Å². The zero-order chi connectivity index (χ0) is 12.5. The van der Waals surface area contributed by atoms with E-state index in [1.807, 2.05) is 0 Å². The van der Waals surface area contributed by atoms with Crippen molar-refractivity contribution in [3.63, 3.8) is 0 Å². The molecule has 0 saturated carbocycles. The van der Waals surface area contributed by atoms with Crippen molar-refractivity contribution in [1.82, 2.24) is 10.2 Å².